The van der Waals surface area contributed by atoms with Crippen molar-refractivity contribution in [2.75, 3.05) is 0 Å². The average Bonchev–Trinajstić information content (AvgIpc) is 3.18. The molecule has 4 rings (SSSR count). The molecule has 0 saturated carbocycles. The van der Waals surface area contributed by atoms with Crippen molar-refractivity contribution in [1.82, 2.24) is 9.97 Å². The van der Waals surface area contributed by atoms with E-state index in [-0.39, 0.29) is 0 Å². The van der Waals surface area contributed by atoms with E-state index in [1.165, 1.54) is 11.1 Å². The molecule has 0 saturated heterocycles. The molecule has 3 aromatic carbocycles. The number of nitrogens with one attached hydrogen (secondary N) is 1. The number of rotatable bonds is 4. The van der Waals surface area contributed by atoms with Crippen LogP contribution in [0.15, 0.2) is 89.5 Å². The Morgan fingerprint density at radius 2 is 1.46 bits per heavy atom. The van der Waals surface area contributed by atoms with Gasteiger partial charge >= 0.3 is 0 Å². The van der Waals surface area contributed by atoms with Crippen LogP contribution in [0.1, 0.15) is 11.4 Å². The van der Waals surface area contributed by atoms with Crippen molar-refractivity contribution in [3.63, 3.8) is 0 Å². The summed E-state index contributed by atoms with van der Waals surface area (Å²) in [5.41, 5.74) is 5.69. The van der Waals surface area contributed by atoms with E-state index in [1.807, 2.05) is 30.5 Å². The van der Waals surface area contributed by atoms with Crippen LogP contribution >= 0.6 is 15.9 Å². The Morgan fingerprint density at radius 3 is 2.27 bits per heavy atom. The van der Waals surface area contributed by atoms with Crippen LogP contribution in [0.5, 0.6) is 0 Å². The van der Waals surface area contributed by atoms with E-state index < -0.39 is 0 Å². The summed E-state index contributed by atoms with van der Waals surface area (Å²) >= 11 is 3.45. The average molecular weight is 401 g/mol. The maximum atomic E-state index is 4.48. The number of benzene rings is 3. The third-order valence-electron chi connectivity index (χ3n) is 4.18. The largest absolute Gasteiger partial charge is 0.338 e. The van der Waals surface area contributed by atoms with E-state index >= 15 is 0 Å². The lowest BCUT2D eigenvalue weighted by molar-refractivity contribution is 1.27. The minimum atomic E-state index is 0.841. The van der Waals surface area contributed by atoms with Gasteiger partial charge in [-0.2, -0.15) is 0 Å². The van der Waals surface area contributed by atoms with Gasteiger partial charge in [-0.1, -0.05) is 82.7 Å². The van der Waals surface area contributed by atoms with Crippen molar-refractivity contribution in [3.8, 4) is 22.4 Å². The molecule has 0 aliphatic rings. The molecule has 0 aliphatic carbocycles. The molecular weight excluding hydrogens is 384 g/mol. The summed E-state index contributed by atoms with van der Waals surface area (Å²) in [4.78, 5) is 7.86. The van der Waals surface area contributed by atoms with Crippen molar-refractivity contribution >= 4 is 28.1 Å². The maximum absolute atomic E-state index is 4.48. The van der Waals surface area contributed by atoms with Gasteiger partial charge in [0.15, 0.2) is 0 Å². The van der Waals surface area contributed by atoms with Gasteiger partial charge in [0.05, 0.1) is 11.9 Å². The van der Waals surface area contributed by atoms with Gasteiger partial charge in [-0.15, -0.1) is 0 Å². The number of hydrogen-bond acceptors (Lipinski definition) is 1. The fourth-order valence-corrected chi connectivity index (χ4v) is 3.08. The molecule has 4 aromatic rings. The quantitative estimate of drug-likeness (QED) is 0.406. The third-order valence-corrected chi connectivity index (χ3v) is 4.71. The van der Waals surface area contributed by atoms with Crippen LogP contribution in [0.2, 0.25) is 0 Å². The number of nitrogens with zero attached hydrogens (tertiary/aromatic N) is 1. The van der Waals surface area contributed by atoms with Crippen molar-refractivity contribution in [2.45, 2.75) is 0 Å². The predicted molar refractivity (Wildman–Crippen MR) is 113 cm³/mol. The summed E-state index contributed by atoms with van der Waals surface area (Å²) in [5, 5.41) is 0. The summed E-state index contributed by atoms with van der Waals surface area (Å²) in [6.45, 7) is 0. The Kier molecular flexibility index (Phi) is 4.80. The molecule has 0 fully saturated rings. The first-order chi connectivity index (χ1) is 12.8. The SMILES string of the molecule is Brc1ccc(/C=C/c2ncc(-c3cccc(-c4ccccc4)c3)[nH]2)cc1. The number of aromatic amines is 1. The smallest absolute Gasteiger partial charge is 0.130 e. The molecule has 0 atom stereocenters. The monoisotopic (exact) mass is 400 g/mol. The highest BCUT2D eigenvalue weighted by Gasteiger charge is 2.04. The molecule has 3 heteroatoms. The van der Waals surface area contributed by atoms with Crippen molar-refractivity contribution in [3.05, 3.63) is 101 Å². The lowest BCUT2D eigenvalue weighted by Gasteiger charge is -2.04. The molecule has 0 spiro atoms. The van der Waals surface area contributed by atoms with E-state index in [9.17, 15) is 0 Å². The Labute approximate surface area is 161 Å². The second-order valence-corrected chi connectivity index (χ2v) is 6.93. The van der Waals surface area contributed by atoms with Crippen LogP contribution in [-0.2, 0) is 0 Å². The second kappa shape index (κ2) is 7.54. The highest BCUT2D eigenvalue weighted by molar-refractivity contribution is 9.10. The number of aromatic nitrogens is 2. The normalized spacial score (nSPS) is 11.1. The zero-order chi connectivity index (χ0) is 17.8. The van der Waals surface area contributed by atoms with E-state index in [2.05, 4.69) is 92.6 Å². The Balaban J connectivity index is 1.57. The Bertz CT molecular complexity index is 1030. The second-order valence-electron chi connectivity index (χ2n) is 6.01. The number of imidazole rings is 1. The summed E-state index contributed by atoms with van der Waals surface area (Å²) in [5.74, 6) is 0.841. The van der Waals surface area contributed by atoms with Gasteiger partial charge in [0.25, 0.3) is 0 Å². The molecule has 0 amide bonds. The van der Waals surface area contributed by atoms with Crippen LogP contribution in [0, 0.1) is 0 Å². The standard InChI is InChI=1S/C23H17BrN2/c24-21-12-9-17(10-13-21)11-14-23-25-16-22(26-23)20-8-4-7-19(15-20)18-5-2-1-3-6-18/h1-16H,(H,25,26)/b14-11+. The number of H-pyrrole nitrogens is 1. The maximum Gasteiger partial charge on any atom is 0.130 e. The lowest BCUT2D eigenvalue weighted by atomic mass is 10.0. The Hall–Kier alpha value is -2.91. The molecule has 0 unspecified atom stereocenters. The molecular formula is C23H17BrN2. The first kappa shape index (κ1) is 16.6. The predicted octanol–water partition coefficient (Wildman–Crippen LogP) is 6.68. The molecule has 2 nitrogen and oxygen atoms in total. The van der Waals surface area contributed by atoms with Crippen molar-refractivity contribution in [1.29, 1.82) is 0 Å². The topological polar surface area (TPSA) is 28.7 Å². The van der Waals surface area contributed by atoms with Crippen LogP contribution in [0.3, 0.4) is 0 Å². The Morgan fingerprint density at radius 1 is 0.731 bits per heavy atom. The molecule has 0 aliphatic heterocycles. The van der Waals surface area contributed by atoms with E-state index in [4.69, 9.17) is 0 Å². The molecule has 126 valence electrons. The zero-order valence-electron chi connectivity index (χ0n) is 14.1. The first-order valence-electron chi connectivity index (χ1n) is 8.42. The fourth-order valence-electron chi connectivity index (χ4n) is 2.81. The number of halogens is 1. The lowest BCUT2D eigenvalue weighted by Crippen LogP contribution is -1.81. The minimum absolute atomic E-state index is 0.841. The molecule has 0 bridgehead atoms. The van der Waals surface area contributed by atoms with Gasteiger partial charge in [0.1, 0.15) is 5.82 Å². The zero-order valence-corrected chi connectivity index (χ0v) is 15.6. The molecule has 1 N–H and O–H groups in total. The first-order valence-corrected chi connectivity index (χ1v) is 9.22. The summed E-state index contributed by atoms with van der Waals surface area (Å²) in [6.07, 6.45) is 5.93. The highest BCUT2D eigenvalue weighted by atomic mass is 79.9. The van der Waals surface area contributed by atoms with Gasteiger partial charge in [-0.05, 0) is 41.0 Å². The van der Waals surface area contributed by atoms with E-state index in [0.717, 1.165) is 27.1 Å². The minimum Gasteiger partial charge on any atom is -0.338 e. The van der Waals surface area contributed by atoms with Gasteiger partial charge in [0.2, 0.25) is 0 Å². The van der Waals surface area contributed by atoms with Crippen molar-refractivity contribution < 1.29 is 0 Å². The van der Waals surface area contributed by atoms with Crippen molar-refractivity contribution in [2.24, 2.45) is 0 Å². The van der Waals surface area contributed by atoms with Crippen LogP contribution in [-0.4, -0.2) is 9.97 Å². The fraction of sp³-hybridized carbons (Fsp3) is 0. The molecule has 1 heterocycles. The van der Waals surface area contributed by atoms with Crippen LogP contribution in [0.25, 0.3) is 34.5 Å². The third kappa shape index (κ3) is 3.84. The molecule has 0 radical (unpaired) electrons. The van der Waals surface area contributed by atoms with Crippen LogP contribution < -0.4 is 0 Å². The summed E-state index contributed by atoms with van der Waals surface area (Å²) in [6, 6.07) is 27.1. The summed E-state index contributed by atoms with van der Waals surface area (Å²) < 4.78 is 1.08. The van der Waals surface area contributed by atoms with E-state index in [1.54, 1.807) is 0 Å². The van der Waals surface area contributed by atoms with Crippen LogP contribution in [0.4, 0.5) is 0 Å². The van der Waals surface area contributed by atoms with Gasteiger partial charge in [-0.3, -0.25) is 0 Å². The van der Waals surface area contributed by atoms with Gasteiger partial charge in [0, 0.05) is 10.0 Å². The number of hydrogen-bond donors (Lipinski definition) is 1. The van der Waals surface area contributed by atoms with E-state index in [0.29, 0.717) is 0 Å². The highest BCUT2D eigenvalue weighted by Crippen LogP contribution is 2.25. The van der Waals surface area contributed by atoms with Gasteiger partial charge in [-0.25, -0.2) is 4.98 Å². The molecule has 1 aromatic heterocycles. The summed E-state index contributed by atoms with van der Waals surface area (Å²) in [7, 11) is 0. The molecule has 26 heavy (non-hydrogen) atoms. The van der Waals surface area contributed by atoms with Gasteiger partial charge < -0.3 is 4.98 Å².